The first-order valence-electron chi connectivity index (χ1n) is 24.6. The lowest BCUT2D eigenvalue weighted by molar-refractivity contribution is -0.940. The Morgan fingerprint density at radius 3 is 1.94 bits per heavy atom. The topological polar surface area (TPSA) is 221 Å². The number of benzene rings is 3. The van der Waals surface area contributed by atoms with Crippen LogP contribution in [-0.4, -0.2) is 124 Å². The third-order valence-corrected chi connectivity index (χ3v) is 12.6. The molecule has 0 radical (unpaired) electrons. The number of aromatic nitrogens is 3. The highest BCUT2D eigenvalue weighted by Gasteiger charge is 2.50. The van der Waals surface area contributed by atoms with E-state index < -0.39 is 53.5 Å². The summed E-state index contributed by atoms with van der Waals surface area (Å²) in [6.45, 7) is 13.4. The van der Waals surface area contributed by atoms with Crippen LogP contribution in [0.5, 0.6) is 11.5 Å². The highest BCUT2D eigenvalue weighted by molar-refractivity contribution is 5.99. The Bertz CT molecular complexity index is 2440. The van der Waals surface area contributed by atoms with Crippen molar-refractivity contribution < 1.29 is 52.2 Å². The Morgan fingerprint density at radius 1 is 0.746 bits per heavy atom. The quantitative estimate of drug-likeness (QED) is 0.0305. The zero-order valence-electron chi connectivity index (χ0n) is 42.1. The minimum Gasteiger partial charge on any atom is -0.483 e. The highest BCUT2D eigenvalue weighted by atomic mass is 16.6. The van der Waals surface area contributed by atoms with Gasteiger partial charge in [-0.3, -0.25) is 33.4 Å². The fourth-order valence-electron chi connectivity index (χ4n) is 8.78. The monoisotopic (exact) mass is 980 g/mol. The van der Waals surface area contributed by atoms with Crippen molar-refractivity contribution in [3.63, 3.8) is 0 Å². The predicted molar refractivity (Wildman–Crippen MR) is 263 cm³/mol. The molecule has 3 heterocycles. The maximum atomic E-state index is 14.6. The lowest BCUT2D eigenvalue weighted by atomic mass is 9.93. The number of amides is 4. The molecule has 0 unspecified atom stereocenters. The van der Waals surface area contributed by atoms with E-state index in [-0.39, 0.29) is 68.3 Å². The lowest BCUT2D eigenvalue weighted by Crippen LogP contribution is -2.61. The molecule has 4 amide bonds. The smallest absolute Gasteiger partial charge is 0.308 e. The van der Waals surface area contributed by atoms with E-state index in [1.54, 1.807) is 37.0 Å². The minimum absolute atomic E-state index is 0.0116. The van der Waals surface area contributed by atoms with Crippen LogP contribution in [0, 0.1) is 11.8 Å². The van der Waals surface area contributed by atoms with Crippen LogP contribution in [0.25, 0.3) is 0 Å². The minimum atomic E-state index is -1.09. The van der Waals surface area contributed by atoms with Gasteiger partial charge in [-0.1, -0.05) is 93.6 Å². The van der Waals surface area contributed by atoms with E-state index in [0.717, 1.165) is 16.7 Å². The molecule has 0 saturated carbocycles. The molecule has 2 fully saturated rings. The van der Waals surface area contributed by atoms with E-state index in [9.17, 15) is 28.8 Å². The van der Waals surface area contributed by atoms with Gasteiger partial charge in [-0.2, -0.15) is 0 Å². The van der Waals surface area contributed by atoms with Crippen molar-refractivity contribution in [2.75, 3.05) is 39.5 Å². The summed E-state index contributed by atoms with van der Waals surface area (Å²) in [6.07, 6.45) is 3.17. The number of Topliss-reactive ketones (excluding diaryl/α,β-unsaturated/α-hetero) is 1. The Hall–Kier alpha value is -6.50. The van der Waals surface area contributed by atoms with Gasteiger partial charge < -0.3 is 44.7 Å². The van der Waals surface area contributed by atoms with Crippen molar-refractivity contribution in [3.8, 4) is 11.5 Å². The van der Waals surface area contributed by atoms with Gasteiger partial charge in [0.15, 0.2) is 23.8 Å². The molecule has 2 aliphatic heterocycles. The Kier molecular flexibility index (Phi) is 19.0. The van der Waals surface area contributed by atoms with Gasteiger partial charge in [0.25, 0.3) is 5.91 Å². The zero-order valence-corrected chi connectivity index (χ0v) is 42.1. The number of quaternary nitrogens is 1. The molecule has 3 aromatic carbocycles. The molecule has 0 aliphatic carbocycles. The van der Waals surface area contributed by atoms with Gasteiger partial charge in [0.1, 0.15) is 55.7 Å². The number of ketones is 1. The second kappa shape index (κ2) is 25.1. The predicted octanol–water partition coefficient (Wildman–Crippen LogP) is 3.93. The maximum Gasteiger partial charge on any atom is 0.308 e. The molecular weight excluding hydrogens is 909 g/mol. The van der Waals surface area contributed by atoms with E-state index in [4.69, 9.17) is 18.9 Å². The van der Waals surface area contributed by atoms with Crippen molar-refractivity contribution in [3.05, 3.63) is 107 Å². The van der Waals surface area contributed by atoms with Gasteiger partial charge in [-0.15, -0.1) is 5.10 Å². The van der Waals surface area contributed by atoms with Gasteiger partial charge in [0.05, 0.1) is 32.1 Å². The molecular formula is C53H71N8O10+. The molecule has 71 heavy (non-hydrogen) atoms. The number of esters is 1. The number of carbonyl (C=O) groups excluding carboxylic acids is 6. The Labute approximate surface area is 416 Å². The van der Waals surface area contributed by atoms with Crippen LogP contribution in [0.2, 0.25) is 0 Å². The van der Waals surface area contributed by atoms with Crippen LogP contribution in [0.15, 0.2) is 85.1 Å². The Morgan fingerprint density at radius 2 is 1.34 bits per heavy atom. The van der Waals surface area contributed by atoms with Crippen molar-refractivity contribution in [1.29, 1.82) is 0 Å². The SMILES string of the molecule is CC(=O)Oc1ccc(C[N+]2(CC(=O)N[C@@H](CCc3ccccc3)C(=O)N[C@@H](CC(C)C)C(=O)N[C@@H](Cc3ccccc3)C(=O)N[C@@H](CC(C)C)C(=O)[C@@]3(C)CO3)CCOCC2)cc1OCc1cn(C)nn1. The summed E-state index contributed by atoms with van der Waals surface area (Å²) >= 11 is 0. The van der Waals surface area contributed by atoms with E-state index >= 15 is 0 Å². The van der Waals surface area contributed by atoms with Crippen molar-refractivity contribution in [2.45, 2.75) is 117 Å². The number of aryl methyl sites for hydroxylation is 2. The van der Waals surface area contributed by atoms with Crippen LogP contribution < -0.4 is 30.7 Å². The summed E-state index contributed by atoms with van der Waals surface area (Å²) in [5.41, 5.74) is 2.19. The normalized spacial score (nSPS) is 17.8. The fourth-order valence-corrected chi connectivity index (χ4v) is 8.78. The van der Waals surface area contributed by atoms with Crippen LogP contribution in [0.4, 0.5) is 0 Å². The van der Waals surface area contributed by atoms with Gasteiger partial charge in [-0.05, 0) is 73.8 Å². The molecule has 1 aromatic heterocycles. The first-order chi connectivity index (χ1) is 33.9. The van der Waals surface area contributed by atoms with Crippen LogP contribution in [0.3, 0.4) is 0 Å². The van der Waals surface area contributed by atoms with Gasteiger partial charge >= 0.3 is 5.97 Å². The number of ether oxygens (including phenoxy) is 4. The second-order valence-corrected chi connectivity index (χ2v) is 19.9. The number of carbonyl (C=O) groups is 6. The molecule has 4 N–H and O–H groups in total. The third-order valence-electron chi connectivity index (χ3n) is 12.6. The number of epoxide rings is 1. The van der Waals surface area contributed by atoms with Crippen molar-refractivity contribution in [1.82, 2.24) is 36.3 Å². The second-order valence-electron chi connectivity index (χ2n) is 19.9. The van der Waals surface area contributed by atoms with Crippen molar-refractivity contribution >= 4 is 35.4 Å². The fraction of sp³-hybridized carbons (Fsp3) is 0.509. The molecule has 0 bridgehead atoms. The molecule has 2 saturated heterocycles. The average molecular weight is 980 g/mol. The molecule has 5 atom stereocenters. The van der Waals surface area contributed by atoms with Crippen LogP contribution in [-0.2, 0) is 71.3 Å². The van der Waals surface area contributed by atoms with Gasteiger partial charge in [-0.25, -0.2) is 0 Å². The standard InChI is InChI=1S/C53H70N8O10/c1-35(2)26-43(49(64)53(6)34-70-53)55-52(67)45(28-39-16-12-9-13-17-39)57-51(66)44(27-36(3)4)56-50(65)42(20-18-38-14-10-8-11-15-38)54-48(63)32-61(22-24-68-25-23-61)31-40-19-21-46(71-37(5)62)47(29-40)69-33-41-30-60(7)59-58-41/h8-17,19,21,29-30,35-36,42-45H,18,20,22-28,31-34H2,1-7H3,(H3-,54,55,56,57,63,65,66,67)/p+1/t42-,43-,44-,45-,53+/m0/s1. The molecule has 4 aromatic rings. The first-order valence-corrected chi connectivity index (χ1v) is 24.6. The summed E-state index contributed by atoms with van der Waals surface area (Å²) in [5.74, 6) is -2.14. The largest absolute Gasteiger partial charge is 0.483 e. The number of rotatable bonds is 26. The number of nitrogens with zero attached hydrogens (tertiary/aromatic N) is 4. The summed E-state index contributed by atoms with van der Waals surface area (Å²) in [7, 11) is 1.75. The van der Waals surface area contributed by atoms with Gasteiger partial charge in [0, 0.05) is 26.0 Å². The Balaban J connectivity index is 1.20. The summed E-state index contributed by atoms with van der Waals surface area (Å²) in [4.78, 5) is 83.2. The first kappa shape index (κ1) is 53.8. The summed E-state index contributed by atoms with van der Waals surface area (Å²) in [5, 5.41) is 19.9. The molecule has 6 rings (SSSR count). The van der Waals surface area contributed by atoms with Crippen LogP contribution in [0.1, 0.15) is 83.2 Å². The zero-order chi connectivity index (χ0) is 51.1. The van der Waals surface area contributed by atoms with Gasteiger partial charge in [0.2, 0.25) is 17.7 Å². The van der Waals surface area contributed by atoms with E-state index in [0.29, 0.717) is 61.6 Å². The van der Waals surface area contributed by atoms with Crippen molar-refractivity contribution in [2.24, 2.45) is 18.9 Å². The number of hydrogen-bond acceptors (Lipinski definition) is 12. The van der Waals surface area contributed by atoms with E-state index in [1.807, 2.05) is 94.4 Å². The molecule has 2 aliphatic rings. The average Bonchev–Trinajstić information content (AvgIpc) is 3.95. The molecule has 382 valence electrons. The van der Waals surface area contributed by atoms with E-state index in [2.05, 4.69) is 31.6 Å². The highest BCUT2D eigenvalue weighted by Crippen LogP contribution is 2.32. The third kappa shape index (κ3) is 16.5. The lowest BCUT2D eigenvalue weighted by Gasteiger charge is -2.41. The number of nitrogens with one attached hydrogen (secondary N) is 4. The molecule has 18 heteroatoms. The van der Waals surface area contributed by atoms with E-state index in [1.165, 1.54) is 6.92 Å². The summed E-state index contributed by atoms with van der Waals surface area (Å²) in [6, 6.07) is 20.1. The molecule has 18 nitrogen and oxygen atoms in total. The number of hydrogen-bond donors (Lipinski definition) is 4. The summed E-state index contributed by atoms with van der Waals surface area (Å²) < 4.78 is 24.6. The number of morpholine rings is 1. The molecule has 0 spiro atoms. The maximum absolute atomic E-state index is 14.6. The van der Waals surface area contributed by atoms with Crippen LogP contribution >= 0.6 is 0 Å².